The molecule has 0 atom stereocenters. The lowest BCUT2D eigenvalue weighted by molar-refractivity contribution is 0.661. The van der Waals surface area contributed by atoms with E-state index in [-0.39, 0.29) is 10.8 Å². The second kappa shape index (κ2) is 17.0. The molecule has 2 aliphatic rings. The first-order chi connectivity index (χ1) is 35.6. The molecule has 0 unspecified atom stereocenters. The molecular weight excluding hydrogens is 883 g/mol. The number of anilines is 9. The third-order valence-electron chi connectivity index (χ3n) is 15.8. The summed E-state index contributed by atoms with van der Waals surface area (Å²) in [6.45, 7) is 13.9. The highest BCUT2D eigenvalue weighted by Gasteiger charge is 2.39. The monoisotopic (exact) mass is 939 g/mol. The zero-order valence-corrected chi connectivity index (χ0v) is 42.4. The zero-order valence-electron chi connectivity index (χ0n) is 42.4. The maximum Gasteiger partial charge on any atom is 0.0543 e. The Bertz CT molecular complexity index is 3670. The van der Waals surface area contributed by atoms with E-state index < -0.39 is 0 Å². The largest absolute Gasteiger partial charge is 0.310 e. The molecule has 0 saturated carbocycles. The van der Waals surface area contributed by atoms with E-state index in [9.17, 15) is 0 Å². The highest BCUT2D eigenvalue weighted by molar-refractivity contribution is 6.11. The number of benzene rings is 11. The van der Waals surface area contributed by atoms with Crippen LogP contribution < -0.4 is 14.7 Å². The van der Waals surface area contributed by atoms with Gasteiger partial charge in [-0.2, -0.15) is 0 Å². The molecule has 0 radical (unpaired) electrons. The van der Waals surface area contributed by atoms with Gasteiger partial charge in [0.15, 0.2) is 0 Å². The molecule has 352 valence electrons. The van der Waals surface area contributed by atoms with Gasteiger partial charge < -0.3 is 14.7 Å². The van der Waals surface area contributed by atoms with Gasteiger partial charge in [-0.15, -0.1) is 0 Å². The molecule has 3 heteroatoms. The third-order valence-corrected chi connectivity index (χ3v) is 15.8. The van der Waals surface area contributed by atoms with Crippen molar-refractivity contribution in [2.75, 3.05) is 14.7 Å². The molecule has 11 aromatic carbocycles. The van der Waals surface area contributed by atoms with Crippen LogP contribution in [0.25, 0.3) is 43.8 Å². The summed E-state index contributed by atoms with van der Waals surface area (Å²) >= 11 is 0. The van der Waals surface area contributed by atoms with E-state index in [1.54, 1.807) is 0 Å². The van der Waals surface area contributed by atoms with Crippen LogP contribution in [0, 0.1) is 13.8 Å². The highest BCUT2D eigenvalue weighted by atomic mass is 15.2. The lowest BCUT2D eigenvalue weighted by Crippen LogP contribution is -2.17. The van der Waals surface area contributed by atoms with Crippen LogP contribution in [0.3, 0.4) is 0 Å². The van der Waals surface area contributed by atoms with Crippen LogP contribution >= 0.6 is 0 Å². The van der Waals surface area contributed by atoms with Crippen molar-refractivity contribution < 1.29 is 0 Å². The van der Waals surface area contributed by atoms with Crippen molar-refractivity contribution in [1.29, 1.82) is 0 Å². The Kier molecular flexibility index (Phi) is 10.3. The normalized spacial score (nSPS) is 13.6. The van der Waals surface area contributed by atoms with Gasteiger partial charge in [-0.3, -0.25) is 0 Å². The Morgan fingerprint density at radius 2 is 0.575 bits per heavy atom. The number of hydrogen-bond acceptors (Lipinski definition) is 3. The number of rotatable bonds is 9. The molecular formula is C70H57N3. The van der Waals surface area contributed by atoms with Gasteiger partial charge in [0, 0.05) is 61.4 Å². The summed E-state index contributed by atoms with van der Waals surface area (Å²) in [5, 5.41) is 5.01. The smallest absolute Gasteiger partial charge is 0.0543 e. The van der Waals surface area contributed by atoms with Crippen LogP contribution in [0.2, 0.25) is 0 Å². The number of hydrogen-bond donors (Lipinski definition) is 0. The number of aryl methyl sites for hydroxylation is 2. The lowest BCUT2D eigenvalue weighted by Gasteiger charge is -2.31. The predicted octanol–water partition coefficient (Wildman–Crippen LogP) is 19.6. The lowest BCUT2D eigenvalue weighted by atomic mass is 9.81. The Hall–Kier alpha value is -8.66. The fourth-order valence-corrected chi connectivity index (χ4v) is 12.5. The Morgan fingerprint density at radius 1 is 0.260 bits per heavy atom. The predicted molar refractivity (Wildman–Crippen MR) is 310 cm³/mol. The van der Waals surface area contributed by atoms with Crippen LogP contribution in [0.1, 0.15) is 61.1 Å². The van der Waals surface area contributed by atoms with E-state index >= 15 is 0 Å². The molecule has 0 N–H and O–H groups in total. The third kappa shape index (κ3) is 7.09. The average molecular weight is 940 g/mol. The molecule has 11 aromatic rings. The molecule has 0 heterocycles. The van der Waals surface area contributed by atoms with Gasteiger partial charge in [-0.05, 0) is 177 Å². The van der Waals surface area contributed by atoms with Gasteiger partial charge in [-0.1, -0.05) is 167 Å². The second-order valence-corrected chi connectivity index (χ2v) is 21.1. The molecule has 0 bridgehead atoms. The van der Waals surface area contributed by atoms with E-state index in [1.165, 1.54) is 88.6 Å². The van der Waals surface area contributed by atoms with Crippen molar-refractivity contribution in [3.8, 4) is 22.3 Å². The molecule has 2 aliphatic carbocycles. The maximum atomic E-state index is 2.46. The number of nitrogens with zero attached hydrogens (tertiary/aromatic N) is 3. The van der Waals surface area contributed by atoms with Crippen molar-refractivity contribution in [3.05, 3.63) is 270 Å². The van der Waals surface area contributed by atoms with Crippen molar-refractivity contribution in [2.45, 2.75) is 52.4 Å². The minimum atomic E-state index is -0.157. The molecule has 13 rings (SSSR count). The fourth-order valence-electron chi connectivity index (χ4n) is 12.5. The Labute approximate surface area is 429 Å². The van der Waals surface area contributed by atoms with Gasteiger partial charge in [-0.25, -0.2) is 0 Å². The summed E-state index contributed by atoms with van der Waals surface area (Å²) in [5.41, 5.74) is 23.0. The van der Waals surface area contributed by atoms with Crippen molar-refractivity contribution >= 4 is 72.7 Å². The summed E-state index contributed by atoms with van der Waals surface area (Å²) in [6, 6.07) is 87.6. The van der Waals surface area contributed by atoms with Gasteiger partial charge in [0.1, 0.15) is 0 Å². The molecule has 0 aromatic heterocycles. The van der Waals surface area contributed by atoms with Crippen LogP contribution in [-0.2, 0) is 10.8 Å². The molecule has 73 heavy (non-hydrogen) atoms. The molecule has 0 fully saturated rings. The quantitative estimate of drug-likeness (QED) is 0.143. The second-order valence-electron chi connectivity index (χ2n) is 21.1. The summed E-state index contributed by atoms with van der Waals surface area (Å²) in [6.07, 6.45) is 0. The Balaban J connectivity index is 0.938. The van der Waals surface area contributed by atoms with Crippen LogP contribution in [-0.4, -0.2) is 0 Å². The standard InChI is InChI=1S/C70H57N3/c1-46-41-47(2)43-54(42-46)71(50-33-37-52(38-34-50)72(48-21-9-7-10-22-48)65-44-63-67(57-27-15-13-25-55(57)65)59-29-17-19-31-61(59)69(63,3)4)51-35-39-53(40-36-51)73(49-23-11-8-12-24-49)66-45-64-68(58-28-16-14-26-56(58)66)60-30-18-20-32-62(60)70(64,5)6/h7-45H,1-6H3. The van der Waals surface area contributed by atoms with Crippen molar-refractivity contribution in [1.82, 2.24) is 0 Å². The van der Waals surface area contributed by atoms with E-state index in [1.807, 2.05) is 0 Å². The van der Waals surface area contributed by atoms with E-state index in [0.29, 0.717) is 0 Å². The number of para-hydroxylation sites is 2. The highest BCUT2D eigenvalue weighted by Crippen LogP contribution is 2.56. The van der Waals surface area contributed by atoms with E-state index in [0.717, 1.165) is 39.8 Å². The first kappa shape index (κ1) is 44.3. The first-order valence-corrected chi connectivity index (χ1v) is 25.7. The average Bonchev–Trinajstić information content (AvgIpc) is 3.79. The van der Waals surface area contributed by atoms with Gasteiger partial charge in [0.05, 0.1) is 11.4 Å². The minimum absolute atomic E-state index is 0.157. The summed E-state index contributed by atoms with van der Waals surface area (Å²) in [5.74, 6) is 0. The van der Waals surface area contributed by atoms with Crippen molar-refractivity contribution in [3.63, 3.8) is 0 Å². The minimum Gasteiger partial charge on any atom is -0.310 e. The molecule has 0 amide bonds. The van der Waals surface area contributed by atoms with Crippen LogP contribution in [0.4, 0.5) is 51.2 Å². The molecule has 0 spiro atoms. The molecule has 0 saturated heterocycles. The topological polar surface area (TPSA) is 9.72 Å². The molecule has 0 aliphatic heterocycles. The van der Waals surface area contributed by atoms with Gasteiger partial charge >= 0.3 is 0 Å². The Morgan fingerprint density at radius 3 is 0.973 bits per heavy atom. The SMILES string of the molecule is Cc1cc(C)cc(N(c2ccc(N(c3ccccc3)c3cc4c(c5ccccc35)-c3ccccc3C4(C)C)cc2)c2ccc(N(c3ccccc3)c3cc4c(c5ccccc35)-c3ccccc3C4(C)C)cc2)c1. The summed E-state index contributed by atoms with van der Waals surface area (Å²) in [4.78, 5) is 7.30. The van der Waals surface area contributed by atoms with Gasteiger partial charge in [0.2, 0.25) is 0 Å². The van der Waals surface area contributed by atoms with Crippen LogP contribution in [0.15, 0.2) is 237 Å². The fraction of sp³-hybridized carbons (Fsp3) is 0.114. The van der Waals surface area contributed by atoms with E-state index in [4.69, 9.17) is 0 Å². The van der Waals surface area contributed by atoms with Gasteiger partial charge in [0.25, 0.3) is 0 Å². The molecule has 3 nitrogen and oxygen atoms in total. The maximum absolute atomic E-state index is 2.46. The van der Waals surface area contributed by atoms with Crippen LogP contribution in [0.5, 0.6) is 0 Å². The summed E-state index contributed by atoms with van der Waals surface area (Å²) < 4.78 is 0. The van der Waals surface area contributed by atoms with E-state index in [2.05, 4.69) is 293 Å². The number of fused-ring (bicyclic) bond motifs is 10. The summed E-state index contributed by atoms with van der Waals surface area (Å²) in [7, 11) is 0. The van der Waals surface area contributed by atoms with Crippen molar-refractivity contribution in [2.24, 2.45) is 0 Å². The first-order valence-electron chi connectivity index (χ1n) is 25.7. The zero-order chi connectivity index (χ0) is 49.6.